The first-order valence-corrected chi connectivity index (χ1v) is 6.13. The second-order valence-corrected chi connectivity index (χ2v) is 4.60. The van der Waals surface area contributed by atoms with Crippen LogP contribution in [0.1, 0.15) is 5.56 Å². The lowest BCUT2D eigenvalue weighted by molar-refractivity contribution is 0.410. The number of hydrogen-bond acceptors (Lipinski definition) is 5. The van der Waals surface area contributed by atoms with Gasteiger partial charge < -0.3 is 15.8 Å². The number of rotatable bonds is 4. The number of aromatic nitrogens is 1. The van der Waals surface area contributed by atoms with E-state index in [0.717, 1.165) is 16.3 Å². The highest BCUT2D eigenvalue weighted by atomic mass is 35.5. The molecule has 3 N–H and O–H groups in total. The second kappa shape index (κ2) is 5.25. The summed E-state index contributed by atoms with van der Waals surface area (Å²) in [5.41, 5.74) is 6.46. The first-order valence-electron chi connectivity index (χ1n) is 4.98. The zero-order valence-corrected chi connectivity index (χ0v) is 10.8. The summed E-state index contributed by atoms with van der Waals surface area (Å²) in [6.45, 7) is 0.574. The molecule has 0 bridgehead atoms. The molecule has 0 amide bonds. The van der Waals surface area contributed by atoms with Gasteiger partial charge in [-0.1, -0.05) is 17.7 Å². The van der Waals surface area contributed by atoms with E-state index in [1.54, 1.807) is 13.2 Å². The highest BCUT2D eigenvalue weighted by Crippen LogP contribution is 2.28. The van der Waals surface area contributed by atoms with E-state index in [0.29, 0.717) is 17.4 Å². The van der Waals surface area contributed by atoms with Crippen molar-refractivity contribution in [2.45, 2.75) is 6.54 Å². The van der Waals surface area contributed by atoms with Gasteiger partial charge in [0, 0.05) is 23.2 Å². The Morgan fingerprint density at radius 2 is 2.35 bits per heavy atom. The van der Waals surface area contributed by atoms with Crippen molar-refractivity contribution >= 4 is 34.0 Å². The maximum Gasteiger partial charge on any atom is 0.139 e. The van der Waals surface area contributed by atoms with Gasteiger partial charge in [-0.15, -0.1) is 0 Å². The van der Waals surface area contributed by atoms with E-state index in [1.165, 1.54) is 11.5 Å². The van der Waals surface area contributed by atoms with Gasteiger partial charge >= 0.3 is 0 Å². The number of nitrogens with one attached hydrogen (secondary N) is 1. The molecule has 17 heavy (non-hydrogen) atoms. The summed E-state index contributed by atoms with van der Waals surface area (Å²) in [7, 11) is 1.62. The van der Waals surface area contributed by atoms with Crippen LogP contribution in [0, 0.1) is 0 Å². The number of ether oxygens (including phenoxy) is 1. The van der Waals surface area contributed by atoms with Crippen LogP contribution in [0.2, 0.25) is 5.02 Å². The van der Waals surface area contributed by atoms with E-state index >= 15 is 0 Å². The minimum Gasteiger partial charge on any atom is -0.496 e. The minimum absolute atomic E-state index is 0.517. The van der Waals surface area contributed by atoms with E-state index in [-0.39, 0.29) is 0 Å². The van der Waals surface area contributed by atoms with Crippen molar-refractivity contribution in [2.24, 2.45) is 0 Å². The van der Waals surface area contributed by atoms with E-state index < -0.39 is 0 Å². The van der Waals surface area contributed by atoms with Crippen molar-refractivity contribution in [1.29, 1.82) is 0 Å². The lowest BCUT2D eigenvalue weighted by atomic mass is 10.2. The Kier molecular flexibility index (Phi) is 3.71. The molecule has 0 spiro atoms. The van der Waals surface area contributed by atoms with Crippen LogP contribution in [-0.2, 0) is 6.54 Å². The van der Waals surface area contributed by atoms with E-state index in [9.17, 15) is 0 Å². The van der Waals surface area contributed by atoms with Crippen LogP contribution in [0.3, 0.4) is 0 Å². The van der Waals surface area contributed by atoms with Gasteiger partial charge in [0.2, 0.25) is 0 Å². The van der Waals surface area contributed by atoms with Crippen molar-refractivity contribution in [2.75, 3.05) is 18.2 Å². The molecule has 0 aliphatic heterocycles. The average molecular weight is 270 g/mol. The molecule has 0 radical (unpaired) electrons. The fraction of sp³-hybridized carbons (Fsp3) is 0.182. The van der Waals surface area contributed by atoms with Crippen molar-refractivity contribution in [3.63, 3.8) is 0 Å². The van der Waals surface area contributed by atoms with Crippen molar-refractivity contribution in [1.82, 2.24) is 4.37 Å². The molecule has 1 aromatic heterocycles. The Balaban J connectivity index is 2.13. The van der Waals surface area contributed by atoms with Crippen LogP contribution in [-0.4, -0.2) is 11.5 Å². The summed E-state index contributed by atoms with van der Waals surface area (Å²) in [5, 5.41) is 4.79. The molecule has 2 aromatic rings. The summed E-state index contributed by atoms with van der Waals surface area (Å²) in [4.78, 5) is 0. The smallest absolute Gasteiger partial charge is 0.139 e. The predicted octanol–water partition coefficient (Wildman–Crippen LogP) is 3.00. The van der Waals surface area contributed by atoms with Crippen LogP contribution in [0.4, 0.5) is 10.8 Å². The van der Waals surface area contributed by atoms with Gasteiger partial charge in [-0.05, 0) is 23.7 Å². The molecule has 6 heteroatoms. The maximum absolute atomic E-state index is 6.12. The first-order chi connectivity index (χ1) is 8.20. The second-order valence-electron chi connectivity index (χ2n) is 3.39. The standard InChI is InChI=1S/C11H12ClN3OS/c1-16-9-4-2-3-8(12)7(9)6-14-11-5-10(13)15-17-11/h2-5,14H,6H2,1H3,(H2,13,15). The number of nitrogens with zero attached hydrogens (tertiary/aromatic N) is 1. The zero-order chi connectivity index (χ0) is 12.3. The molecule has 0 aliphatic carbocycles. The third-order valence-corrected chi connectivity index (χ3v) is 3.38. The third-order valence-electron chi connectivity index (χ3n) is 2.26. The van der Waals surface area contributed by atoms with Crippen LogP contribution in [0.5, 0.6) is 5.75 Å². The summed E-state index contributed by atoms with van der Waals surface area (Å²) in [6.07, 6.45) is 0. The predicted molar refractivity (Wildman–Crippen MR) is 71.9 cm³/mol. The van der Waals surface area contributed by atoms with Gasteiger partial charge in [-0.3, -0.25) is 0 Å². The Bertz CT molecular complexity index is 515. The van der Waals surface area contributed by atoms with Gasteiger partial charge in [0.05, 0.1) is 7.11 Å². The van der Waals surface area contributed by atoms with Gasteiger partial charge in [0.15, 0.2) is 0 Å². The van der Waals surface area contributed by atoms with Gasteiger partial charge in [-0.2, -0.15) is 4.37 Å². The fourth-order valence-electron chi connectivity index (χ4n) is 1.45. The van der Waals surface area contributed by atoms with Gasteiger partial charge in [0.1, 0.15) is 16.6 Å². The third kappa shape index (κ3) is 2.81. The van der Waals surface area contributed by atoms with Crippen molar-refractivity contribution in [3.8, 4) is 5.75 Å². The first kappa shape index (κ1) is 12.0. The van der Waals surface area contributed by atoms with Crippen molar-refractivity contribution in [3.05, 3.63) is 34.9 Å². The highest BCUT2D eigenvalue weighted by Gasteiger charge is 2.07. The van der Waals surface area contributed by atoms with Crippen LogP contribution in [0.25, 0.3) is 0 Å². The van der Waals surface area contributed by atoms with Crippen molar-refractivity contribution < 1.29 is 4.74 Å². The normalized spacial score (nSPS) is 10.2. The fourth-order valence-corrected chi connectivity index (χ4v) is 2.25. The lowest BCUT2D eigenvalue weighted by Crippen LogP contribution is -2.01. The number of benzene rings is 1. The van der Waals surface area contributed by atoms with Gasteiger partial charge in [-0.25, -0.2) is 0 Å². The monoisotopic (exact) mass is 269 g/mol. The number of nitrogens with two attached hydrogens (primary N) is 1. The number of methoxy groups -OCH3 is 1. The van der Waals surface area contributed by atoms with E-state index in [1.807, 2.05) is 18.2 Å². The van der Waals surface area contributed by atoms with E-state index in [4.69, 9.17) is 22.1 Å². The molecule has 0 saturated carbocycles. The molecule has 90 valence electrons. The largest absolute Gasteiger partial charge is 0.496 e. The Morgan fingerprint density at radius 3 is 3.00 bits per heavy atom. The molecule has 0 unspecified atom stereocenters. The molecular weight excluding hydrogens is 258 g/mol. The summed E-state index contributed by atoms with van der Waals surface area (Å²) in [5.74, 6) is 1.28. The quantitative estimate of drug-likeness (QED) is 0.896. The topological polar surface area (TPSA) is 60.2 Å². The molecule has 0 fully saturated rings. The molecule has 1 aromatic carbocycles. The molecular formula is C11H12ClN3OS. The minimum atomic E-state index is 0.517. The number of anilines is 2. The van der Waals surface area contributed by atoms with Crippen LogP contribution >= 0.6 is 23.1 Å². The molecule has 4 nitrogen and oxygen atoms in total. The molecule has 0 atom stereocenters. The lowest BCUT2D eigenvalue weighted by Gasteiger charge is -2.10. The molecule has 0 aliphatic rings. The van der Waals surface area contributed by atoms with Crippen LogP contribution in [0.15, 0.2) is 24.3 Å². The van der Waals surface area contributed by atoms with E-state index in [2.05, 4.69) is 9.69 Å². The molecule has 2 rings (SSSR count). The zero-order valence-electron chi connectivity index (χ0n) is 9.24. The Labute approximate surface area is 109 Å². The SMILES string of the molecule is COc1cccc(Cl)c1CNc1cc(N)ns1. The number of halogens is 1. The van der Waals surface area contributed by atoms with Crippen LogP contribution < -0.4 is 15.8 Å². The number of hydrogen-bond donors (Lipinski definition) is 2. The average Bonchev–Trinajstić information content (AvgIpc) is 2.73. The molecule has 0 saturated heterocycles. The summed E-state index contributed by atoms with van der Waals surface area (Å²) >= 11 is 7.44. The summed E-state index contributed by atoms with van der Waals surface area (Å²) in [6, 6.07) is 7.36. The highest BCUT2D eigenvalue weighted by molar-refractivity contribution is 7.10. The summed E-state index contributed by atoms with van der Waals surface area (Å²) < 4.78 is 9.25. The van der Waals surface area contributed by atoms with Gasteiger partial charge in [0.25, 0.3) is 0 Å². The Morgan fingerprint density at radius 1 is 1.53 bits per heavy atom. The maximum atomic E-state index is 6.12. The number of nitrogen functional groups attached to an aromatic ring is 1. The Hall–Kier alpha value is -1.46. The molecule has 1 heterocycles.